The monoisotopic (exact) mass is 1220 g/mol. The summed E-state index contributed by atoms with van der Waals surface area (Å²) in [6.07, 6.45) is 2.78. The number of aromatic nitrogens is 6. The number of rotatable bonds is 12. The van der Waals surface area contributed by atoms with E-state index in [0.29, 0.717) is 93.3 Å². The van der Waals surface area contributed by atoms with Crippen LogP contribution < -0.4 is 70.2 Å². The number of benzene rings is 5. The number of carbonyl (C=O) groups excluding carboxylic acids is 2. The number of aryl methyl sites for hydroxylation is 1. The number of tetrazole rings is 1. The summed E-state index contributed by atoms with van der Waals surface area (Å²) in [5.41, 5.74) is 9.19. The number of fused-ring (bicyclic) bond motifs is 2. The van der Waals surface area contributed by atoms with Crippen LogP contribution in [0, 0.1) is 27.9 Å². The predicted octanol–water partition coefficient (Wildman–Crippen LogP) is 7.11. The van der Waals surface area contributed by atoms with Crippen molar-refractivity contribution < 1.29 is 66.5 Å². The number of nitrogens with zero attached hydrogens (tertiary/aromatic N) is 8. The molecule has 0 amide bonds. The SMILES string of the molecule is COc1ccc(OC)c(-n2c3c(cc(-c4nnn(-c5ccc(Cl)cc5)n4)c2=O)C(=O)CC(C)(C)C3)c1.COc1ccc(OC)c(-n2c3c(cc(/C=N/NS(=O)(=O)c4ccc(C)cc4)c2=O)C(=O)CC(C)(C)C3)c1.Nc1ccc(Cl)cc1.O=N[O-].[Na+]. The van der Waals surface area contributed by atoms with Crippen molar-refractivity contribution in [1.29, 1.82) is 0 Å². The van der Waals surface area contributed by atoms with Crippen LogP contribution in [0.15, 0.2) is 146 Å². The zero-order chi connectivity index (χ0) is 61.3. The Morgan fingerprint density at radius 1 is 0.647 bits per heavy atom. The van der Waals surface area contributed by atoms with E-state index in [0.717, 1.165) is 27.8 Å². The van der Waals surface area contributed by atoms with Gasteiger partial charge < -0.3 is 34.8 Å². The van der Waals surface area contributed by atoms with Gasteiger partial charge in [0.25, 0.3) is 21.1 Å². The van der Waals surface area contributed by atoms with Gasteiger partial charge in [-0.05, 0) is 133 Å². The summed E-state index contributed by atoms with van der Waals surface area (Å²) in [5.74, 6) is 1.86. The summed E-state index contributed by atoms with van der Waals surface area (Å²) in [6.45, 7) is 9.82. The standard InChI is InChI=1S/C27H29N3O6S.C26H24ClN5O4.C6H6ClN.HNO2.Na/c1-17-6-9-20(10-7-17)37(33,34)29-28-16-18-12-21-23(14-27(2,3)15-24(21)31)30(26(18)32)22-13-19(35-4)8-11-25(22)36-5;1-26(2)13-21-18(22(33)14-26)12-19(24-28-30-32(29-24)16-7-5-15(27)6-8-16)25(34)31(21)20-11-17(35-3)9-10-23(20)36-4;7-5-1-3-6(8)4-2-5;2-1-3;/h6-13,16,29H,14-15H2,1-5H3;5-12H,13-14H2,1-4H3;1-4H,8H2;(H,2,3);/q;;;;+1/p-1/b28-16+;;;;. The zero-order valence-electron chi connectivity index (χ0n) is 48.2. The molecule has 10 rings (SSSR count). The topological polar surface area (TPSA) is 296 Å². The number of sulfonamides is 1. The van der Waals surface area contributed by atoms with Gasteiger partial charge in [0.2, 0.25) is 5.82 Å². The van der Waals surface area contributed by atoms with Crippen LogP contribution in [0.2, 0.25) is 10.0 Å². The van der Waals surface area contributed by atoms with E-state index in [1.165, 1.54) is 53.5 Å². The molecule has 0 atom stereocenters. The summed E-state index contributed by atoms with van der Waals surface area (Å²) in [5, 5.41) is 26.8. The van der Waals surface area contributed by atoms with Gasteiger partial charge in [-0.1, -0.05) is 68.6 Å². The van der Waals surface area contributed by atoms with Crippen molar-refractivity contribution in [3.05, 3.63) is 196 Å². The van der Waals surface area contributed by atoms with Gasteiger partial charge in [0.05, 0.1) is 67.7 Å². The first-order chi connectivity index (χ1) is 39.9. The number of ether oxygens (including phenoxy) is 4. The number of hydrogen-bond donors (Lipinski definition) is 2. The average Bonchev–Trinajstić information content (AvgIpc) is 1.88. The van der Waals surface area contributed by atoms with Crippen molar-refractivity contribution in [3.8, 4) is 51.4 Å². The minimum atomic E-state index is -3.95. The second-order valence-corrected chi connectivity index (χ2v) is 23.3. The Morgan fingerprint density at radius 2 is 1.12 bits per heavy atom. The minimum Gasteiger partial charge on any atom is -0.497 e. The number of hydrogen-bond acceptors (Lipinski definition) is 18. The van der Waals surface area contributed by atoms with Gasteiger partial charge >= 0.3 is 29.6 Å². The fraction of sp³-hybridized carbons (Fsp3) is 0.254. The Labute approximate surface area is 521 Å². The van der Waals surface area contributed by atoms with Crippen LogP contribution in [-0.2, 0) is 22.9 Å². The van der Waals surface area contributed by atoms with E-state index in [9.17, 15) is 27.6 Å². The number of anilines is 1. The quantitative estimate of drug-likeness (QED) is 0.0405. The van der Waals surface area contributed by atoms with Crippen LogP contribution >= 0.6 is 23.2 Å². The first-order valence-corrected chi connectivity index (χ1v) is 27.8. The van der Waals surface area contributed by atoms with E-state index in [1.54, 1.807) is 110 Å². The van der Waals surface area contributed by atoms with Gasteiger partial charge in [-0.25, -0.2) is 4.83 Å². The molecule has 26 heteroatoms. The third kappa shape index (κ3) is 15.8. The molecule has 0 unspecified atom stereocenters. The molecular weight excluding hydrogens is 1170 g/mol. The molecule has 0 saturated heterocycles. The van der Waals surface area contributed by atoms with Gasteiger partial charge in [0, 0.05) is 63.2 Å². The van der Waals surface area contributed by atoms with Crippen LogP contribution in [0.1, 0.15) is 83.8 Å². The summed E-state index contributed by atoms with van der Waals surface area (Å²) < 4.78 is 50.1. The van der Waals surface area contributed by atoms with Gasteiger partial charge in [-0.2, -0.15) is 13.5 Å². The molecule has 3 aromatic heterocycles. The summed E-state index contributed by atoms with van der Waals surface area (Å²) in [7, 11) is 2.13. The number of nitrogens with two attached hydrogens (primary N) is 1. The van der Waals surface area contributed by atoms with E-state index in [4.69, 9.17) is 58.0 Å². The number of Topliss-reactive ketones (excluding diaryl/α,β-unsaturated/α-hetero) is 2. The number of methoxy groups -OCH3 is 4. The van der Waals surface area contributed by atoms with Crippen LogP contribution in [0.3, 0.4) is 0 Å². The molecule has 0 saturated carbocycles. The number of nitrogen functional groups attached to an aromatic ring is 1. The molecule has 5 aromatic carbocycles. The number of pyridine rings is 2. The number of nitrogens with one attached hydrogen (secondary N) is 1. The Bertz CT molecular complexity index is 4000. The van der Waals surface area contributed by atoms with Gasteiger partial charge in [0.1, 0.15) is 23.0 Å². The molecule has 0 fully saturated rings. The molecule has 8 aromatic rings. The third-order valence-electron chi connectivity index (χ3n) is 13.3. The second kappa shape index (κ2) is 28.1. The van der Waals surface area contributed by atoms with E-state index >= 15 is 0 Å². The molecular formula is C59H59Cl2N10NaO12S. The zero-order valence-corrected chi connectivity index (χ0v) is 52.5. The van der Waals surface area contributed by atoms with E-state index < -0.39 is 15.6 Å². The maximum Gasteiger partial charge on any atom is 1.00 e. The van der Waals surface area contributed by atoms with Crippen molar-refractivity contribution in [2.24, 2.45) is 21.3 Å². The molecule has 0 spiro atoms. The van der Waals surface area contributed by atoms with Crippen molar-refractivity contribution >= 4 is 56.7 Å². The van der Waals surface area contributed by atoms with Crippen LogP contribution in [-0.4, -0.2) is 84.0 Å². The molecule has 3 N–H and O–H groups in total. The Kier molecular flexibility index (Phi) is 21.8. The molecule has 0 radical (unpaired) electrons. The first kappa shape index (κ1) is 66.0. The predicted molar refractivity (Wildman–Crippen MR) is 320 cm³/mol. The van der Waals surface area contributed by atoms with E-state index in [1.807, 2.05) is 34.6 Å². The Morgan fingerprint density at radius 3 is 1.59 bits per heavy atom. The smallest absolute Gasteiger partial charge is 0.497 e. The summed E-state index contributed by atoms with van der Waals surface area (Å²) in [4.78, 5) is 65.7. The summed E-state index contributed by atoms with van der Waals surface area (Å²) in [6, 6.07) is 33.5. The van der Waals surface area contributed by atoms with Crippen molar-refractivity contribution in [2.45, 2.75) is 65.2 Å². The molecule has 438 valence electrons. The van der Waals surface area contributed by atoms with Crippen LogP contribution in [0.4, 0.5) is 5.69 Å². The molecule has 0 aliphatic heterocycles. The Balaban J connectivity index is 0.000000229. The molecule has 0 bridgehead atoms. The maximum atomic E-state index is 14.0. The normalized spacial score (nSPS) is 13.6. The van der Waals surface area contributed by atoms with Gasteiger partial charge in [0.15, 0.2) is 11.6 Å². The largest absolute Gasteiger partial charge is 1.00 e. The molecule has 22 nitrogen and oxygen atoms in total. The number of carbonyl (C=O) groups is 2. The number of hydrazone groups is 1. The fourth-order valence-corrected chi connectivity index (χ4v) is 10.4. The van der Waals surface area contributed by atoms with E-state index in [2.05, 4.69) is 25.3 Å². The van der Waals surface area contributed by atoms with Crippen molar-refractivity contribution in [3.63, 3.8) is 0 Å². The van der Waals surface area contributed by atoms with Crippen LogP contribution in [0.5, 0.6) is 23.0 Å². The van der Waals surface area contributed by atoms with Gasteiger partial charge in [-0.3, -0.25) is 28.3 Å². The van der Waals surface area contributed by atoms with Crippen molar-refractivity contribution in [1.82, 2.24) is 34.2 Å². The maximum absolute atomic E-state index is 14.0. The summed E-state index contributed by atoms with van der Waals surface area (Å²) >= 11 is 11.5. The molecule has 85 heavy (non-hydrogen) atoms. The second-order valence-electron chi connectivity index (χ2n) is 20.8. The fourth-order valence-electron chi connectivity index (χ4n) is 9.36. The van der Waals surface area contributed by atoms with Crippen molar-refractivity contribution in [2.75, 3.05) is 34.2 Å². The number of halogens is 2. The Hall–Kier alpha value is -8.19. The molecule has 2 aliphatic carbocycles. The first-order valence-electron chi connectivity index (χ1n) is 25.6. The third-order valence-corrected chi connectivity index (χ3v) is 15.1. The molecule has 3 heterocycles. The molecule has 2 aliphatic rings. The average molecular weight is 1230 g/mol. The minimum absolute atomic E-state index is 0. The van der Waals surface area contributed by atoms with Gasteiger partial charge in [-0.15, -0.1) is 20.3 Å². The van der Waals surface area contributed by atoms with E-state index in [-0.39, 0.29) is 79.4 Å². The van der Waals surface area contributed by atoms with Crippen LogP contribution in [0.25, 0.3) is 28.5 Å². The number of ketones is 2.